The van der Waals surface area contributed by atoms with Crippen LogP contribution < -0.4 is 5.32 Å². The van der Waals surface area contributed by atoms with Crippen molar-refractivity contribution < 1.29 is 14.3 Å². The fourth-order valence-corrected chi connectivity index (χ4v) is 4.39. The zero-order valence-corrected chi connectivity index (χ0v) is 14.2. The molecule has 3 rings (SSSR count). The van der Waals surface area contributed by atoms with Crippen LogP contribution in [0.4, 0.5) is 5.69 Å². The molecular formula is C17H19Cl2NO3. The normalized spacial score (nSPS) is 25.4. The highest BCUT2D eigenvalue weighted by atomic mass is 35.5. The monoisotopic (exact) mass is 355 g/mol. The Balaban J connectivity index is 1.42. The first kappa shape index (κ1) is 16.6. The lowest BCUT2D eigenvalue weighted by Crippen LogP contribution is -2.23. The zero-order valence-electron chi connectivity index (χ0n) is 12.7. The summed E-state index contributed by atoms with van der Waals surface area (Å²) >= 11 is 11.7. The highest BCUT2D eigenvalue weighted by Gasteiger charge is 2.40. The minimum absolute atomic E-state index is 0.288. The van der Waals surface area contributed by atoms with Crippen molar-refractivity contribution in [2.45, 2.75) is 32.1 Å². The van der Waals surface area contributed by atoms with Gasteiger partial charge in [0.1, 0.15) is 0 Å². The Labute approximate surface area is 145 Å². The molecule has 2 aliphatic rings. The van der Waals surface area contributed by atoms with Crippen LogP contribution in [0.3, 0.4) is 0 Å². The van der Waals surface area contributed by atoms with E-state index in [4.69, 9.17) is 27.9 Å². The lowest BCUT2D eigenvalue weighted by Gasteiger charge is -2.20. The minimum atomic E-state index is -0.398. The van der Waals surface area contributed by atoms with E-state index in [1.54, 1.807) is 18.2 Å². The third-order valence-electron chi connectivity index (χ3n) is 4.82. The Morgan fingerprint density at radius 3 is 2.48 bits per heavy atom. The Hall–Kier alpha value is -1.26. The fourth-order valence-electron chi connectivity index (χ4n) is 3.87. The number of fused-ring (bicyclic) bond motifs is 2. The first-order valence-corrected chi connectivity index (χ1v) is 8.67. The Morgan fingerprint density at radius 2 is 1.87 bits per heavy atom. The number of nitrogens with one attached hydrogen (secondary N) is 1. The second-order valence-corrected chi connectivity index (χ2v) is 7.38. The van der Waals surface area contributed by atoms with Gasteiger partial charge in [0, 0.05) is 22.2 Å². The van der Waals surface area contributed by atoms with Crippen LogP contribution in [0.25, 0.3) is 0 Å². The number of anilines is 1. The van der Waals surface area contributed by atoms with Crippen molar-refractivity contribution in [2.24, 2.45) is 17.8 Å². The molecule has 0 aromatic heterocycles. The van der Waals surface area contributed by atoms with Crippen molar-refractivity contribution in [2.75, 3.05) is 11.9 Å². The van der Waals surface area contributed by atoms with E-state index in [-0.39, 0.29) is 12.6 Å². The summed E-state index contributed by atoms with van der Waals surface area (Å²) in [6.45, 7) is -0.288. The topological polar surface area (TPSA) is 55.4 Å². The lowest BCUT2D eigenvalue weighted by molar-refractivity contribution is -0.148. The summed E-state index contributed by atoms with van der Waals surface area (Å²) in [6.07, 6.45) is 5.36. The summed E-state index contributed by atoms with van der Waals surface area (Å²) in [5.74, 6) is 1.23. The summed E-state index contributed by atoms with van der Waals surface area (Å²) in [4.78, 5) is 23.7. The smallest absolute Gasteiger partial charge is 0.306 e. The maximum atomic E-state index is 11.9. The van der Waals surface area contributed by atoms with Crippen molar-refractivity contribution in [3.63, 3.8) is 0 Å². The minimum Gasteiger partial charge on any atom is -0.456 e. The van der Waals surface area contributed by atoms with E-state index >= 15 is 0 Å². The van der Waals surface area contributed by atoms with Crippen LogP contribution in [0.1, 0.15) is 32.1 Å². The second-order valence-electron chi connectivity index (χ2n) is 6.51. The van der Waals surface area contributed by atoms with Gasteiger partial charge >= 0.3 is 5.97 Å². The number of esters is 1. The van der Waals surface area contributed by atoms with Crippen LogP contribution >= 0.6 is 23.2 Å². The first-order valence-electron chi connectivity index (χ1n) is 7.91. The number of carbonyl (C=O) groups is 2. The van der Waals surface area contributed by atoms with E-state index in [1.807, 2.05) is 0 Å². The van der Waals surface area contributed by atoms with E-state index in [0.717, 1.165) is 12.3 Å². The molecule has 2 bridgehead atoms. The van der Waals surface area contributed by atoms with Crippen LogP contribution in [0.15, 0.2) is 18.2 Å². The fraction of sp³-hybridized carbons (Fsp3) is 0.529. The molecule has 0 aliphatic heterocycles. The van der Waals surface area contributed by atoms with Gasteiger partial charge in [0.05, 0.1) is 0 Å². The predicted molar refractivity (Wildman–Crippen MR) is 89.6 cm³/mol. The molecule has 2 fully saturated rings. The quantitative estimate of drug-likeness (QED) is 0.801. The van der Waals surface area contributed by atoms with Crippen molar-refractivity contribution in [1.82, 2.24) is 0 Å². The molecule has 1 aromatic rings. The van der Waals surface area contributed by atoms with Gasteiger partial charge in [-0.25, -0.2) is 0 Å². The maximum Gasteiger partial charge on any atom is 0.306 e. The van der Waals surface area contributed by atoms with E-state index in [1.165, 1.54) is 19.3 Å². The van der Waals surface area contributed by atoms with E-state index in [2.05, 4.69) is 5.32 Å². The highest BCUT2D eigenvalue weighted by Crippen LogP contribution is 2.49. The molecule has 124 valence electrons. The van der Waals surface area contributed by atoms with Gasteiger partial charge in [-0.3, -0.25) is 9.59 Å². The Bertz CT molecular complexity index is 600. The molecule has 23 heavy (non-hydrogen) atoms. The van der Waals surface area contributed by atoms with E-state index in [0.29, 0.717) is 34.0 Å². The van der Waals surface area contributed by atoms with Gasteiger partial charge < -0.3 is 10.1 Å². The van der Waals surface area contributed by atoms with Crippen molar-refractivity contribution >= 4 is 40.8 Å². The number of hydrogen-bond acceptors (Lipinski definition) is 3. The number of rotatable bonds is 5. The van der Waals surface area contributed by atoms with Crippen LogP contribution in [0.5, 0.6) is 0 Å². The highest BCUT2D eigenvalue weighted by molar-refractivity contribution is 6.35. The Kier molecular flexibility index (Phi) is 5.12. The number of ether oxygens (including phenoxy) is 1. The summed E-state index contributed by atoms with van der Waals surface area (Å²) in [7, 11) is 0. The average Bonchev–Trinajstić information content (AvgIpc) is 3.06. The molecule has 0 radical (unpaired) electrons. The van der Waals surface area contributed by atoms with Crippen LogP contribution in [0, 0.1) is 17.8 Å². The molecule has 6 heteroatoms. The molecular weight excluding hydrogens is 337 g/mol. The number of amides is 1. The van der Waals surface area contributed by atoms with Crippen LogP contribution in [0.2, 0.25) is 10.0 Å². The predicted octanol–water partition coefficient (Wildman–Crippen LogP) is 4.30. The molecule has 0 spiro atoms. The number of carbonyl (C=O) groups excluding carboxylic acids is 2. The molecule has 2 saturated carbocycles. The van der Waals surface area contributed by atoms with Crippen molar-refractivity contribution in [3.8, 4) is 0 Å². The molecule has 0 saturated heterocycles. The summed E-state index contributed by atoms with van der Waals surface area (Å²) in [6, 6.07) is 4.75. The van der Waals surface area contributed by atoms with E-state index < -0.39 is 5.91 Å². The third-order valence-corrected chi connectivity index (χ3v) is 5.26. The molecule has 1 aromatic carbocycles. The first-order chi connectivity index (χ1) is 11.0. The summed E-state index contributed by atoms with van der Waals surface area (Å²) < 4.78 is 5.09. The molecule has 3 atom stereocenters. The van der Waals surface area contributed by atoms with Crippen LogP contribution in [-0.4, -0.2) is 18.5 Å². The third kappa shape index (κ3) is 4.39. The van der Waals surface area contributed by atoms with Gasteiger partial charge in [0.2, 0.25) is 0 Å². The van der Waals surface area contributed by atoms with Gasteiger partial charge in [0.25, 0.3) is 5.91 Å². The maximum absolute atomic E-state index is 11.9. The molecule has 4 nitrogen and oxygen atoms in total. The van der Waals surface area contributed by atoms with Gasteiger partial charge in [-0.05, 0) is 55.2 Å². The van der Waals surface area contributed by atoms with Gasteiger partial charge in [0.15, 0.2) is 6.61 Å². The average molecular weight is 356 g/mol. The van der Waals surface area contributed by atoms with Gasteiger partial charge in [-0.15, -0.1) is 0 Å². The zero-order chi connectivity index (χ0) is 16.4. The number of benzene rings is 1. The van der Waals surface area contributed by atoms with E-state index in [9.17, 15) is 9.59 Å². The SMILES string of the molecule is O=C(COC(=O)CC1CC2CCC1C2)Nc1cc(Cl)cc(Cl)c1. The summed E-state index contributed by atoms with van der Waals surface area (Å²) in [5, 5.41) is 3.48. The van der Waals surface area contributed by atoms with Crippen molar-refractivity contribution in [3.05, 3.63) is 28.2 Å². The van der Waals surface area contributed by atoms with Gasteiger partial charge in [-0.2, -0.15) is 0 Å². The van der Waals surface area contributed by atoms with Crippen molar-refractivity contribution in [1.29, 1.82) is 0 Å². The number of hydrogen-bond donors (Lipinski definition) is 1. The summed E-state index contributed by atoms with van der Waals surface area (Å²) in [5.41, 5.74) is 0.483. The lowest BCUT2D eigenvalue weighted by atomic mass is 9.86. The standard InChI is InChI=1S/C17H19Cl2NO3/c18-13-6-14(19)8-15(7-13)20-16(21)9-23-17(22)5-12-4-10-1-2-11(12)3-10/h6-8,10-12H,1-5,9H2,(H,20,21). The molecule has 0 heterocycles. The largest absolute Gasteiger partial charge is 0.456 e. The van der Waals surface area contributed by atoms with Gasteiger partial charge in [-0.1, -0.05) is 29.6 Å². The Morgan fingerprint density at radius 1 is 1.13 bits per heavy atom. The molecule has 3 unspecified atom stereocenters. The van der Waals surface area contributed by atoms with Crippen LogP contribution in [-0.2, 0) is 14.3 Å². The second kappa shape index (κ2) is 7.10. The molecule has 2 aliphatic carbocycles. The molecule has 1 N–H and O–H groups in total. The number of halogens is 2. The molecule has 1 amide bonds.